The molecule has 0 aliphatic rings. The Morgan fingerprint density at radius 1 is 1.09 bits per heavy atom. The van der Waals surface area contributed by atoms with E-state index in [9.17, 15) is 22.4 Å². The largest absolute Gasteiger partial charge is 0.490 e. The van der Waals surface area contributed by atoms with Gasteiger partial charge in [-0.25, -0.2) is 9.18 Å². The summed E-state index contributed by atoms with van der Waals surface area (Å²) in [5.74, 6) is -4.02. The second kappa shape index (κ2) is 8.94. The van der Waals surface area contributed by atoms with Crippen LogP contribution in [0.1, 0.15) is 10.4 Å². The Balaban J connectivity index is 0.000000383. The number of aliphatic carboxylic acids is 1. The highest BCUT2D eigenvalue weighted by Crippen LogP contribution is 2.29. The summed E-state index contributed by atoms with van der Waals surface area (Å²) in [7, 11) is 0. The highest BCUT2D eigenvalue weighted by atomic mass is 19.4. The van der Waals surface area contributed by atoms with Crippen LogP contribution in [0.3, 0.4) is 0 Å². The number of nitrogens with two attached hydrogens (primary N) is 1. The summed E-state index contributed by atoms with van der Waals surface area (Å²) in [4.78, 5) is 25.6. The second-order valence-electron chi connectivity index (χ2n) is 6.59. The van der Waals surface area contributed by atoms with Crippen molar-refractivity contribution in [3.05, 3.63) is 72.3 Å². The fourth-order valence-corrected chi connectivity index (χ4v) is 3.06. The number of hydrogen-bond acceptors (Lipinski definition) is 4. The molecule has 2 heterocycles. The Morgan fingerprint density at radius 2 is 1.76 bits per heavy atom. The van der Waals surface area contributed by atoms with Crippen molar-refractivity contribution in [2.75, 3.05) is 0 Å². The van der Waals surface area contributed by atoms with Crippen molar-refractivity contribution in [3.8, 4) is 5.69 Å². The van der Waals surface area contributed by atoms with Crippen LogP contribution >= 0.6 is 0 Å². The van der Waals surface area contributed by atoms with E-state index in [1.807, 2.05) is 28.8 Å². The van der Waals surface area contributed by atoms with Crippen molar-refractivity contribution in [2.24, 2.45) is 5.73 Å². The number of benzene rings is 2. The van der Waals surface area contributed by atoms with E-state index >= 15 is 0 Å². The van der Waals surface area contributed by atoms with Crippen LogP contribution in [-0.2, 0) is 4.79 Å². The zero-order valence-corrected chi connectivity index (χ0v) is 16.5. The number of carbonyl (C=O) groups excluding carboxylic acids is 1. The van der Waals surface area contributed by atoms with Crippen LogP contribution in [0.2, 0.25) is 0 Å². The highest BCUT2D eigenvalue weighted by molar-refractivity contribution is 6.12. The number of pyridine rings is 1. The van der Waals surface area contributed by atoms with Gasteiger partial charge in [-0.05, 0) is 30.3 Å². The third kappa shape index (κ3) is 5.06. The van der Waals surface area contributed by atoms with E-state index in [2.05, 4.69) is 10.3 Å². The molecule has 8 nitrogen and oxygen atoms in total. The lowest BCUT2D eigenvalue weighted by atomic mass is 10.1. The van der Waals surface area contributed by atoms with Gasteiger partial charge in [-0.2, -0.15) is 13.2 Å². The van der Waals surface area contributed by atoms with Crippen LogP contribution in [0.25, 0.3) is 27.5 Å². The molecule has 1 amide bonds. The summed E-state index contributed by atoms with van der Waals surface area (Å²) in [6, 6.07) is 13.5. The molecular weight excluding hydrogens is 446 g/mol. The summed E-state index contributed by atoms with van der Waals surface area (Å²) in [5.41, 5.74) is 7.78. The molecule has 0 bridgehead atoms. The number of alkyl halides is 3. The predicted molar refractivity (Wildman–Crippen MR) is 112 cm³/mol. The minimum Gasteiger partial charge on any atom is -0.475 e. The normalized spacial score (nSPS) is 11.0. The number of hydrogen-bond donors (Lipinski definition) is 4. The monoisotopic (exact) mass is 461 g/mol. The molecule has 5 N–H and O–H groups in total. The number of carboxylic acids is 1. The summed E-state index contributed by atoms with van der Waals surface area (Å²) in [5, 5.41) is 18.0. The number of amides is 1. The van der Waals surface area contributed by atoms with Gasteiger partial charge in [0.05, 0.1) is 22.3 Å². The molecule has 2 aromatic heterocycles. The molecule has 0 atom stereocenters. The fraction of sp³-hybridized carbons (Fsp3) is 0.0476. The Morgan fingerprint density at radius 3 is 2.39 bits per heavy atom. The Kier molecular flexibility index (Phi) is 6.28. The van der Waals surface area contributed by atoms with Crippen molar-refractivity contribution in [1.82, 2.24) is 14.9 Å². The topological polar surface area (TPSA) is 134 Å². The van der Waals surface area contributed by atoms with Crippen LogP contribution in [0.5, 0.6) is 0 Å². The van der Waals surface area contributed by atoms with Gasteiger partial charge < -0.3 is 15.4 Å². The van der Waals surface area contributed by atoms with E-state index in [-0.39, 0.29) is 5.82 Å². The van der Waals surface area contributed by atoms with E-state index in [1.165, 1.54) is 12.1 Å². The SMILES string of the molecule is N=C(N)NC(=O)c1cn(-c2ccnc3ccc(F)cc23)c2ccccc12.O=C(O)C(F)(F)F. The molecule has 0 saturated heterocycles. The Labute approximate surface area is 182 Å². The van der Waals surface area contributed by atoms with E-state index in [0.29, 0.717) is 27.5 Å². The number of para-hydroxylation sites is 1. The summed E-state index contributed by atoms with van der Waals surface area (Å²) < 4.78 is 47.3. The number of fused-ring (bicyclic) bond motifs is 2. The average molecular weight is 461 g/mol. The van der Waals surface area contributed by atoms with Crippen molar-refractivity contribution >= 4 is 39.6 Å². The van der Waals surface area contributed by atoms with Crippen molar-refractivity contribution in [3.63, 3.8) is 0 Å². The molecule has 0 spiro atoms. The first-order valence-corrected chi connectivity index (χ1v) is 9.09. The summed E-state index contributed by atoms with van der Waals surface area (Å²) >= 11 is 0. The molecule has 4 rings (SSSR count). The van der Waals surface area contributed by atoms with Crippen LogP contribution < -0.4 is 11.1 Å². The van der Waals surface area contributed by atoms with E-state index in [0.717, 1.165) is 5.52 Å². The lowest BCUT2D eigenvalue weighted by Crippen LogP contribution is -2.35. The van der Waals surface area contributed by atoms with Gasteiger partial charge in [-0.15, -0.1) is 0 Å². The molecule has 0 aliphatic carbocycles. The minimum absolute atomic E-state index is 0.363. The molecule has 2 aromatic carbocycles. The number of carboxylic acid groups (broad SMARTS) is 1. The molecule has 0 unspecified atom stereocenters. The second-order valence-corrected chi connectivity index (χ2v) is 6.59. The van der Waals surface area contributed by atoms with Crippen LogP contribution in [0.15, 0.2) is 60.9 Å². The minimum atomic E-state index is -5.08. The van der Waals surface area contributed by atoms with Gasteiger partial charge in [0.15, 0.2) is 5.96 Å². The average Bonchev–Trinajstić information content (AvgIpc) is 3.12. The van der Waals surface area contributed by atoms with Crippen molar-refractivity contribution < 1.29 is 32.3 Å². The number of guanidine groups is 1. The summed E-state index contributed by atoms with van der Waals surface area (Å²) in [6.07, 6.45) is -1.79. The Bertz CT molecular complexity index is 1380. The molecular formula is C21H15F4N5O3. The number of nitrogens with zero attached hydrogens (tertiary/aromatic N) is 2. The first-order valence-electron chi connectivity index (χ1n) is 9.09. The Hall–Kier alpha value is -4.48. The van der Waals surface area contributed by atoms with E-state index in [1.54, 1.807) is 24.5 Å². The highest BCUT2D eigenvalue weighted by Gasteiger charge is 2.38. The molecule has 0 fully saturated rings. The third-order valence-corrected chi connectivity index (χ3v) is 4.39. The van der Waals surface area contributed by atoms with Crippen LogP contribution in [-0.4, -0.2) is 38.7 Å². The lowest BCUT2D eigenvalue weighted by Gasteiger charge is -2.09. The smallest absolute Gasteiger partial charge is 0.475 e. The number of rotatable bonds is 2. The predicted octanol–water partition coefficient (Wildman–Crippen LogP) is 3.57. The van der Waals surface area contributed by atoms with E-state index < -0.39 is 24.0 Å². The maximum atomic E-state index is 13.8. The summed E-state index contributed by atoms with van der Waals surface area (Å²) in [6.45, 7) is 0. The zero-order valence-electron chi connectivity index (χ0n) is 16.5. The van der Waals surface area contributed by atoms with Gasteiger partial charge in [0.1, 0.15) is 5.82 Å². The molecule has 170 valence electrons. The van der Waals surface area contributed by atoms with Crippen molar-refractivity contribution in [1.29, 1.82) is 5.41 Å². The molecule has 33 heavy (non-hydrogen) atoms. The fourth-order valence-electron chi connectivity index (χ4n) is 3.06. The molecule has 4 aromatic rings. The third-order valence-electron chi connectivity index (χ3n) is 4.39. The van der Waals surface area contributed by atoms with Gasteiger partial charge >= 0.3 is 12.1 Å². The number of nitrogens with one attached hydrogen (secondary N) is 2. The van der Waals surface area contributed by atoms with Gasteiger partial charge in [0, 0.05) is 23.2 Å². The lowest BCUT2D eigenvalue weighted by molar-refractivity contribution is -0.192. The molecule has 0 saturated carbocycles. The first-order chi connectivity index (χ1) is 15.5. The number of halogens is 4. The van der Waals surface area contributed by atoms with Crippen LogP contribution in [0.4, 0.5) is 17.6 Å². The molecule has 0 aliphatic heterocycles. The van der Waals surface area contributed by atoms with Gasteiger partial charge in [-0.3, -0.25) is 20.5 Å². The maximum Gasteiger partial charge on any atom is 0.490 e. The first kappa shape index (κ1) is 23.2. The zero-order chi connectivity index (χ0) is 24.3. The van der Waals surface area contributed by atoms with Crippen LogP contribution in [0, 0.1) is 11.2 Å². The standard InChI is InChI=1S/C19H14FN5O.C2HF3O2/c20-11-5-6-15-13(9-11)17(7-8-23-15)25-10-14(18(26)24-19(21)22)12-3-1-2-4-16(12)25;3-2(4,5)1(6)7/h1-10H,(H4,21,22,24,26);(H,6,7). The quantitative estimate of drug-likeness (QED) is 0.206. The van der Waals surface area contributed by atoms with Gasteiger partial charge in [0.2, 0.25) is 0 Å². The maximum absolute atomic E-state index is 13.8. The number of carbonyl (C=O) groups is 2. The van der Waals surface area contributed by atoms with E-state index in [4.69, 9.17) is 21.0 Å². The number of aromatic nitrogens is 2. The molecule has 0 radical (unpaired) electrons. The van der Waals surface area contributed by atoms with Crippen molar-refractivity contribution in [2.45, 2.75) is 6.18 Å². The van der Waals surface area contributed by atoms with Gasteiger partial charge in [-0.1, -0.05) is 18.2 Å². The molecule has 12 heteroatoms. The van der Waals surface area contributed by atoms with Gasteiger partial charge in [0.25, 0.3) is 5.91 Å².